The lowest BCUT2D eigenvalue weighted by Gasteiger charge is -2.23. The number of aromatic nitrogens is 2. The van der Waals surface area contributed by atoms with E-state index in [1.807, 2.05) is 19.1 Å². The number of aryl methyl sites for hydroxylation is 2. The number of hydrogen-bond donors (Lipinski definition) is 3. The van der Waals surface area contributed by atoms with Gasteiger partial charge in [0.15, 0.2) is 0 Å². The fourth-order valence-corrected chi connectivity index (χ4v) is 3.78. The molecule has 0 fully saturated rings. The van der Waals surface area contributed by atoms with Crippen molar-refractivity contribution in [3.8, 4) is 0 Å². The molecule has 7 heteroatoms. The standard InChI is InChI=1S/C21H26N4O2S/c1-5-16-10-17-18(23-13(2)24-20(17)28-16)22-11-14-6-8-15(9-7-14)19(27)25-21(3,4)12-26/h6-10,26H,5,11-12H2,1-4H3,(H,25,27)(H,22,23,24). The molecule has 28 heavy (non-hydrogen) atoms. The van der Waals surface area contributed by atoms with Crippen LogP contribution in [0.15, 0.2) is 30.3 Å². The van der Waals surface area contributed by atoms with E-state index in [1.165, 1.54) is 4.88 Å². The first kappa shape index (κ1) is 20.2. The molecule has 0 saturated heterocycles. The van der Waals surface area contributed by atoms with Crippen LogP contribution in [-0.4, -0.2) is 33.1 Å². The maximum absolute atomic E-state index is 12.3. The topological polar surface area (TPSA) is 87.1 Å². The monoisotopic (exact) mass is 398 g/mol. The van der Waals surface area contributed by atoms with Crippen molar-refractivity contribution >= 4 is 33.3 Å². The third kappa shape index (κ3) is 4.66. The number of aliphatic hydroxyl groups is 1. The Morgan fingerprint density at radius 3 is 2.57 bits per heavy atom. The summed E-state index contributed by atoms with van der Waals surface area (Å²) in [5.74, 6) is 1.39. The number of nitrogens with zero attached hydrogens (tertiary/aromatic N) is 2. The van der Waals surface area contributed by atoms with Crippen LogP contribution in [0, 0.1) is 6.92 Å². The van der Waals surface area contributed by atoms with Gasteiger partial charge in [0.05, 0.1) is 17.5 Å². The van der Waals surface area contributed by atoms with Crippen molar-refractivity contribution in [2.45, 2.75) is 46.2 Å². The number of nitrogens with one attached hydrogen (secondary N) is 2. The van der Waals surface area contributed by atoms with Gasteiger partial charge in [-0.2, -0.15) is 0 Å². The Bertz CT molecular complexity index is 980. The number of rotatable bonds is 7. The highest BCUT2D eigenvalue weighted by Gasteiger charge is 2.19. The smallest absolute Gasteiger partial charge is 0.251 e. The van der Waals surface area contributed by atoms with Gasteiger partial charge in [-0.15, -0.1) is 11.3 Å². The lowest BCUT2D eigenvalue weighted by molar-refractivity contribution is 0.0869. The van der Waals surface area contributed by atoms with E-state index >= 15 is 0 Å². The Hall–Kier alpha value is -2.51. The molecule has 0 aliphatic heterocycles. The average molecular weight is 399 g/mol. The summed E-state index contributed by atoms with van der Waals surface area (Å²) in [6.07, 6.45) is 0.982. The van der Waals surface area contributed by atoms with Crippen LogP contribution in [-0.2, 0) is 13.0 Å². The SMILES string of the molecule is CCc1cc2c(NCc3ccc(C(=O)NC(C)(C)CO)cc3)nc(C)nc2s1. The second-order valence-electron chi connectivity index (χ2n) is 7.45. The van der Waals surface area contributed by atoms with E-state index in [0.717, 1.165) is 33.8 Å². The fourth-order valence-electron chi connectivity index (χ4n) is 2.77. The molecule has 3 N–H and O–H groups in total. The minimum atomic E-state index is -0.647. The minimum absolute atomic E-state index is 0.115. The van der Waals surface area contributed by atoms with Crippen molar-refractivity contribution in [1.82, 2.24) is 15.3 Å². The van der Waals surface area contributed by atoms with Gasteiger partial charge in [0.25, 0.3) is 5.91 Å². The number of carbonyl (C=O) groups excluding carboxylic acids is 1. The maximum atomic E-state index is 12.3. The van der Waals surface area contributed by atoms with Crippen LogP contribution in [0.5, 0.6) is 0 Å². The predicted molar refractivity (Wildman–Crippen MR) is 114 cm³/mol. The molecular formula is C21H26N4O2S. The normalized spacial score (nSPS) is 11.6. The molecule has 3 rings (SSSR count). The number of amides is 1. The van der Waals surface area contributed by atoms with Gasteiger partial charge in [-0.05, 0) is 51.0 Å². The van der Waals surface area contributed by atoms with Crippen molar-refractivity contribution in [3.63, 3.8) is 0 Å². The van der Waals surface area contributed by atoms with E-state index in [-0.39, 0.29) is 12.5 Å². The molecule has 1 amide bonds. The van der Waals surface area contributed by atoms with Gasteiger partial charge in [0.1, 0.15) is 16.5 Å². The molecule has 1 aromatic carbocycles. The van der Waals surface area contributed by atoms with E-state index in [1.54, 1.807) is 37.3 Å². The predicted octanol–water partition coefficient (Wildman–Crippen LogP) is 3.67. The molecule has 0 aliphatic carbocycles. The number of carbonyl (C=O) groups is 1. The minimum Gasteiger partial charge on any atom is -0.394 e. The number of aliphatic hydroxyl groups excluding tert-OH is 1. The highest BCUT2D eigenvalue weighted by Crippen LogP contribution is 2.29. The number of benzene rings is 1. The van der Waals surface area contributed by atoms with E-state index in [2.05, 4.69) is 33.6 Å². The van der Waals surface area contributed by atoms with Crippen LogP contribution in [0.3, 0.4) is 0 Å². The molecule has 3 aromatic rings. The third-order valence-electron chi connectivity index (χ3n) is 4.43. The Morgan fingerprint density at radius 1 is 1.21 bits per heavy atom. The second kappa shape index (κ2) is 8.24. The summed E-state index contributed by atoms with van der Waals surface area (Å²) < 4.78 is 0. The second-order valence-corrected chi connectivity index (χ2v) is 8.57. The molecule has 0 radical (unpaired) electrons. The van der Waals surface area contributed by atoms with Crippen molar-refractivity contribution in [1.29, 1.82) is 0 Å². The zero-order chi connectivity index (χ0) is 20.3. The number of anilines is 1. The van der Waals surface area contributed by atoms with E-state index in [4.69, 9.17) is 0 Å². The fraction of sp³-hybridized carbons (Fsp3) is 0.381. The quantitative estimate of drug-likeness (QED) is 0.565. The summed E-state index contributed by atoms with van der Waals surface area (Å²) in [6, 6.07) is 9.58. The lowest BCUT2D eigenvalue weighted by atomic mass is 10.1. The van der Waals surface area contributed by atoms with Crippen LogP contribution < -0.4 is 10.6 Å². The zero-order valence-electron chi connectivity index (χ0n) is 16.7. The van der Waals surface area contributed by atoms with E-state index < -0.39 is 5.54 Å². The Labute approximate surface area is 169 Å². The van der Waals surface area contributed by atoms with Crippen LogP contribution >= 0.6 is 11.3 Å². The molecule has 0 spiro atoms. The van der Waals surface area contributed by atoms with Gasteiger partial charge in [-0.1, -0.05) is 19.1 Å². The summed E-state index contributed by atoms with van der Waals surface area (Å²) in [5, 5.41) is 16.6. The average Bonchev–Trinajstić information content (AvgIpc) is 3.09. The van der Waals surface area contributed by atoms with Crippen molar-refractivity contribution < 1.29 is 9.90 Å². The molecule has 0 atom stereocenters. The van der Waals surface area contributed by atoms with Crippen molar-refractivity contribution in [3.05, 3.63) is 52.2 Å². The third-order valence-corrected chi connectivity index (χ3v) is 5.60. The Balaban J connectivity index is 1.71. The first-order valence-electron chi connectivity index (χ1n) is 9.34. The van der Waals surface area contributed by atoms with E-state index in [0.29, 0.717) is 12.1 Å². The number of hydrogen-bond acceptors (Lipinski definition) is 6. The van der Waals surface area contributed by atoms with Crippen LogP contribution in [0.1, 0.15) is 47.4 Å². The molecule has 0 saturated carbocycles. The van der Waals surface area contributed by atoms with Gasteiger partial charge in [0.2, 0.25) is 0 Å². The summed E-state index contributed by atoms with van der Waals surface area (Å²) in [4.78, 5) is 23.7. The molecule has 2 aromatic heterocycles. The molecule has 0 aliphatic rings. The van der Waals surface area contributed by atoms with Gasteiger partial charge < -0.3 is 15.7 Å². The Morgan fingerprint density at radius 2 is 1.93 bits per heavy atom. The molecule has 0 unspecified atom stereocenters. The van der Waals surface area contributed by atoms with E-state index in [9.17, 15) is 9.90 Å². The summed E-state index contributed by atoms with van der Waals surface area (Å²) in [6.45, 7) is 8.08. The first-order valence-corrected chi connectivity index (χ1v) is 10.2. The number of thiophene rings is 1. The molecule has 2 heterocycles. The molecule has 6 nitrogen and oxygen atoms in total. The van der Waals surface area contributed by atoms with Gasteiger partial charge in [0, 0.05) is 17.0 Å². The highest BCUT2D eigenvalue weighted by molar-refractivity contribution is 7.18. The zero-order valence-corrected chi connectivity index (χ0v) is 17.5. The highest BCUT2D eigenvalue weighted by atomic mass is 32.1. The van der Waals surface area contributed by atoms with Crippen molar-refractivity contribution in [2.75, 3.05) is 11.9 Å². The van der Waals surface area contributed by atoms with Crippen LogP contribution in [0.2, 0.25) is 0 Å². The van der Waals surface area contributed by atoms with Gasteiger partial charge in [-0.25, -0.2) is 9.97 Å². The maximum Gasteiger partial charge on any atom is 0.251 e. The van der Waals surface area contributed by atoms with Gasteiger partial charge in [-0.3, -0.25) is 4.79 Å². The molecule has 0 bridgehead atoms. The summed E-state index contributed by atoms with van der Waals surface area (Å²) >= 11 is 1.71. The number of fused-ring (bicyclic) bond motifs is 1. The van der Waals surface area contributed by atoms with Crippen molar-refractivity contribution in [2.24, 2.45) is 0 Å². The van der Waals surface area contributed by atoms with Crippen LogP contribution in [0.4, 0.5) is 5.82 Å². The molecule has 148 valence electrons. The lowest BCUT2D eigenvalue weighted by Crippen LogP contribution is -2.46. The van der Waals surface area contributed by atoms with Gasteiger partial charge >= 0.3 is 0 Å². The Kier molecular flexibility index (Phi) is 5.96. The summed E-state index contributed by atoms with van der Waals surface area (Å²) in [7, 11) is 0. The largest absolute Gasteiger partial charge is 0.394 e. The summed E-state index contributed by atoms with van der Waals surface area (Å²) in [5.41, 5.74) is 0.968. The first-order chi connectivity index (χ1) is 13.3. The molecular weight excluding hydrogens is 372 g/mol. The van der Waals surface area contributed by atoms with Crippen LogP contribution in [0.25, 0.3) is 10.2 Å².